The molecule has 0 fully saturated rings. The number of aryl methyl sites for hydroxylation is 3. The minimum absolute atomic E-state index is 0.0634. The fraction of sp³-hybridized carbons (Fsp3) is 0.250. The third-order valence-electron chi connectivity index (χ3n) is 3.82. The van der Waals surface area contributed by atoms with Crippen LogP contribution in [0.15, 0.2) is 41.2 Å². The second kappa shape index (κ2) is 5.09. The molecule has 0 unspecified atom stereocenters. The molecule has 3 rings (SSSR count). The van der Waals surface area contributed by atoms with Gasteiger partial charge in [-0.3, -0.25) is 9.48 Å². The highest BCUT2D eigenvalue weighted by molar-refractivity contribution is 5.88. The number of hydrogen-bond donors (Lipinski definition) is 1. The molecular weight excluding hydrogens is 264 g/mol. The van der Waals surface area contributed by atoms with Gasteiger partial charge in [0.25, 0.3) is 5.56 Å². The van der Waals surface area contributed by atoms with E-state index in [4.69, 9.17) is 5.73 Å². The van der Waals surface area contributed by atoms with E-state index in [-0.39, 0.29) is 5.56 Å². The molecule has 2 heterocycles. The van der Waals surface area contributed by atoms with E-state index in [1.54, 1.807) is 16.3 Å². The average molecular weight is 282 g/mol. The summed E-state index contributed by atoms with van der Waals surface area (Å²) in [5.41, 5.74) is 8.71. The first kappa shape index (κ1) is 13.4. The molecule has 0 saturated heterocycles. The van der Waals surface area contributed by atoms with E-state index in [0.29, 0.717) is 17.7 Å². The van der Waals surface area contributed by atoms with E-state index >= 15 is 0 Å². The summed E-state index contributed by atoms with van der Waals surface area (Å²) in [5, 5.41) is 4.64. The molecule has 21 heavy (non-hydrogen) atoms. The average Bonchev–Trinajstić information content (AvgIpc) is 2.74. The summed E-state index contributed by atoms with van der Waals surface area (Å²) in [4.78, 5) is 12.6. The summed E-state index contributed by atoms with van der Waals surface area (Å²) in [7, 11) is 1.80. The largest absolute Gasteiger partial charge is 0.382 e. The second-order valence-corrected chi connectivity index (χ2v) is 5.25. The van der Waals surface area contributed by atoms with Crippen LogP contribution in [0.25, 0.3) is 10.9 Å². The van der Waals surface area contributed by atoms with Crippen LogP contribution in [-0.4, -0.2) is 14.3 Å². The van der Waals surface area contributed by atoms with Gasteiger partial charge in [-0.25, -0.2) is 0 Å². The van der Waals surface area contributed by atoms with Crippen LogP contribution in [0.3, 0.4) is 0 Å². The fourth-order valence-electron chi connectivity index (χ4n) is 2.68. The number of anilines is 1. The van der Waals surface area contributed by atoms with Gasteiger partial charge in [-0.15, -0.1) is 0 Å². The summed E-state index contributed by atoms with van der Waals surface area (Å²) >= 11 is 0. The Morgan fingerprint density at radius 2 is 1.95 bits per heavy atom. The highest BCUT2D eigenvalue weighted by atomic mass is 16.1. The lowest BCUT2D eigenvalue weighted by atomic mass is 10.1. The Hall–Kier alpha value is -2.56. The lowest BCUT2D eigenvalue weighted by Gasteiger charge is -2.10. The first-order valence-corrected chi connectivity index (χ1v) is 6.94. The Bertz CT molecular complexity index is 846. The van der Waals surface area contributed by atoms with Crippen LogP contribution in [0.5, 0.6) is 0 Å². The molecule has 0 atom stereocenters. The lowest BCUT2D eigenvalue weighted by Crippen LogP contribution is -2.23. The number of benzene rings is 1. The van der Waals surface area contributed by atoms with Crippen molar-refractivity contribution in [1.82, 2.24) is 14.3 Å². The number of rotatable bonds is 3. The van der Waals surface area contributed by atoms with Crippen LogP contribution in [-0.2, 0) is 20.0 Å². The van der Waals surface area contributed by atoms with E-state index < -0.39 is 0 Å². The summed E-state index contributed by atoms with van der Waals surface area (Å²) in [6.45, 7) is 2.58. The van der Waals surface area contributed by atoms with E-state index in [1.165, 1.54) is 5.56 Å². The molecule has 0 aliphatic rings. The smallest absolute Gasteiger partial charge is 0.264 e. The fourth-order valence-corrected chi connectivity index (χ4v) is 2.68. The SMILES string of the molecule is Cc1cc2c(c(N)nn2C)c(=O)n1CCc1ccccc1. The Kier molecular flexibility index (Phi) is 3.25. The minimum Gasteiger partial charge on any atom is -0.382 e. The normalized spacial score (nSPS) is 11.1. The predicted molar refractivity (Wildman–Crippen MR) is 84.3 cm³/mol. The topological polar surface area (TPSA) is 65.8 Å². The van der Waals surface area contributed by atoms with Crippen molar-refractivity contribution < 1.29 is 0 Å². The van der Waals surface area contributed by atoms with Gasteiger partial charge in [0.05, 0.1) is 5.52 Å². The van der Waals surface area contributed by atoms with E-state index in [1.807, 2.05) is 31.2 Å². The quantitative estimate of drug-likeness (QED) is 0.797. The molecule has 5 heteroatoms. The molecule has 1 aromatic carbocycles. The van der Waals surface area contributed by atoms with Crippen LogP contribution in [0, 0.1) is 6.92 Å². The van der Waals surface area contributed by atoms with Crippen LogP contribution < -0.4 is 11.3 Å². The zero-order chi connectivity index (χ0) is 15.0. The maximum absolute atomic E-state index is 12.6. The molecule has 0 amide bonds. The van der Waals surface area contributed by atoms with Gasteiger partial charge < -0.3 is 10.3 Å². The number of aromatic nitrogens is 3. The third-order valence-corrected chi connectivity index (χ3v) is 3.82. The van der Waals surface area contributed by atoms with Gasteiger partial charge >= 0.3 is 0 Å². The van der Waals surface area contributed by atoms with Crippen LogP contribution in [0.4, 0.5) is 5.82 Å². The van der Waals surface area contributed by atoms with Crippen molar-refractivity contribution in [3.63, 3.8) is 0 Å². The van der Waals surface area contributed by atoms with Gasteiger partial charge in [0.1, 0.15) is 5.39 Å². The summed E-state index contributed by atoms with van der Waals surface area (Å²) < 4.78 is 3.42. The maximum Gasteiger partial charge on any atom is 0.264 e. The molecule has 0 saturated carbocycles. The van der Waals surface area contributed by atoms with Crippen molar-refractivity contribution in [2.45, 2.75) is 19.9 Å². The third kappa shape index (κ3) is 2.31. The number of nitrogens with two attached hydrogens (primary N) is 1. The molecule has 0 radical (unpaired) electrons. The van der Waals surface area contributed by atoms with Crippen molar-refractivity contribution in [1.29, 1.82) is 0 Å². The first-order chi connectivity index (χ1) is 10.1. The van der Waals surface area contributed by atoms with Gasteiger partial charge in [0.15, 0.2) is 5.82 Å². The highest BCUT2D eigenvalue weighted by Gasteiger charge is 2.13. The zero-order valence-corrected chi connectivity index (χ0v) is 12.2. The van der Waals surface area contributed by atoms with Gasteiger partial charge in [-0.1, -0.05) is 30.3 Å². The van der Waals surface area contributed by atoms with Crippen molar-refractivity contribution in [2.75, 3.05) is 5.73 Å². The molecule has 0 bridgehead atoms. The van der Waals surface area contributed by atoms with Crippen LogP contribution in [0.1, 0.15) is 11.3 Å². The number of nitrogens with zero attached hydrogens (tertiary/aromatic N) is 3. The Labute approximate surface area is 122 Å². The predicted octanol–water partition coefficient (Wildman–Crippen LogP) is 1.87. The molecule has 3 aromatic rings. The number of nitrogen functional groups attached to an aromatic ring is 1. The number of fused-ring (bicyclic) bond motifs is 1. The van der Waals surface area contributed by atoms with Crippen molar-refractivity contribution >= 4 is 16.7 Å². The molecule has 2 aromatic heterocycles. The Balaban J connectivity index is 2.03. The maximum atomic E-state index is 12.6. The Morgan fingerprint density at radius 1 is 1.24 bits per heavy atom. The van der Waals surface area contributed by atoms with Gasteiger partial charge in [0, 0.05) is 19.3 Å². The Morgan fingerprint density at radius 3 is 2.67 bits per heavy atom. The molecule has 108 valence electrons. The summed E-state index contributed by atoms with van der Waals surface area (Å²) in [6.07, 6.45) is 0.813. The van der Waals surface area contributed by atoms with Gasteiger partial charge in [-0.05, 0) is 25.0 Å². The standard InChI is InChI=1S/C16H18N4O/c1-11-10-13-14(15(17)18-19(13)2)16(21)20(11)9-8-12-6-4-3-5-7-12/h3-7,10H,8-9H2,1-2H3,(H2,17,18). The summed E-state index contributed by atoms with van der Waals surface area (Å²) in [5.74, 6) is 0.297. The van der Waals surface area contributed by atoms with E-state index in [2.05, 4.69) is 17.2 Å². The van der Waals surface area contributed by atoms with Gasteiger partial charge in [-0.2, -0.15) is 5.10 Å². The molecule has 5 nitrogen and oxygen atoms in total. The van der Waals surface area contributed by atoms with Crippen LogP contribution >= 0.6 is 0 Å². The van der Waals surface area contributed by atoms with Crippen LogP contribution in [0.2, 0.25) is 0 Å². The monoisotopic (exact) mass is 282 g/mol. The van der Waals surface area contributed by atoms with Gasteiger partial charge in [0.2, 0.25) is 0 Å². The molecular formula is C16H18N4O. The lowest BCUT2D eigenvalue weighted by molar-refractivity contribution is 0.654. The second-order valence-electron chi connectivity index (χ2n) is 5.25. The number of pyridine rings is 1. The first-order valence-electron chi connectivity index (χ1n) is 6.94. The van der Waals surface area contributed by atoms with Crippen molar-refractivity contribution in [3.8, 4) is 0 Å². The highest BCUT2D eigenvalue weighted by Crippen LogP contribution is 2.17. The summed E-state index contributed by atoms with van der Waals surface area (Å²) in [6, 6.07) is 12.1. The van der Waals surface area contributed by atoms with Crippen molar-refractivity contribution in [2.24, 2.45) is 7.05 Å². The number of hydrogen-bond acceptors (Lipinski definition) is 3. The minimum atomic E-state index is -0.0634. The molecule has 0 spiro atoms. The van der Waals surface area contributed by atoms with Crippen molar-refractivity contribution in [3.05, 3.63) is 58.0 Å². The molecule has 2 N–H and O–H groups in total. The zero-order valence-electron chi connectivity index (χ0n) is 12.2. The van der Waals surface area contributed by atoms with E-state index in [0.717, 1.165) is 17.6 Å². The van der Waals surface area contributed by atoms with E-state index in [9.17, 15) is 4.79 Å². The molecule has 0 aliphatic carbocycles. The molecule has 0 aliphatic heterocycles.